The van der Waals surface area contributed by atoms with Gasteiger partial charge in [-0.1, -0.05) is 17.7 Å². The molecule has 1 amide bonds. The monoisotopic (exact) mass is 588 g/mol. The van der Waals surface area contributed by atoms with Crippen LogP contribution in [0.15, 0.2) is 42.7 Å². The van der Waals surface area contributed by atoms with Crippen LogP contribution in [0.5, 0.6) is 0 Å². The number of carbonyl (C=O) groups is 1. The lowest BCUT2D eigenvalue weighted by molar-refractivity contribution is -0.137. The predicted octanol–water partition coefficient (Wildman–Crippen LogP) is 4.54. The second kappa shape index (κ2) is 11.4. The topological polar surface area (TPSA) is 80.7 Å². The van der Waals surface area contributed by atoms with Gasteiger partial charge in [0.05, 0.1) is 28.2 Å². The van der Waals surface area contributed by atoms with Crippen LogP contribution < -0.4 is 21.3 Å². The smallest absolute Gasteiger partial charge is 0.322 e. The lowest BCUT2D eigenvalue weighted by atomic mass is 10.1. The molecular weight excluding hydrogens is 557 g/mol. The van der Waals surface area contributed by atoms with Crippen molar-refractivity contribution in [2.45, 2.75) is 26.6 Å². The summed E-state index contributed by atoms with van der Waals surface area (Å²) in [5, 5.41) is 8.34. The summed E-state index contributed by atoms with van der Waals surface area (Å²) < 4.78 is 43.5. The summed E-state index contributed by atoms with van der Waals surface area (Å²) in [5.74, 6) is -0.535. The number of halogens is 4. The number of likely N-dealkylation sites (N-methyl/N-ethyl adjacent to an activating group) is 1. The van der Waals surface area contributed by atoms with Crippen molar-refractivity contribution in [2.75, 3.05) is 43.6 Å². The van der Waals surface area contributed by atoms with Gasteiger partial charge in [-0.25, -0.2) is 0 Å². The molecule has 2 aliphatic heterocycles. The zero-order valence-corrected chi connectivity index (χ0v) is 24.0. The zero-order valence-electron chi connectivity index (χ0n) is 23.2. The number of hydrazine groups is 2. The summed E-state index contributed by atoms with van der Waals surface area (Å²) >= 11 is 6.25. The first-order valence-corrected chi connectivity index (χ1v) is 13.5. The minimum absolute atomic E-state index is 0.0353. The Morgan fingerprint density at radius 2 is 1.83 bits per heavy atom. The number of aromatic nitrogens is 2. The van der Waals surface area contributed by atoms with Crippen LogP contribution in [0.3, 0.4) is 0 Å². The van der Waals surface area contributed by atoms with Crippen molar-refractivity contribution in [3.05, 3.63) is 81.3 Å². The van der Waals surface area contributed by atoms with E-state index in [9.17, 15) is 18.0 Å². The summed E-state index contributed by atoms with van der Waals surface area (Å²) in [6, 6.07) is 7.52. The number of alkyl halides is 3. The number of carbonyl (C=O) groups excluding carboxylic acids is 1. The molecule has 2 aliphatic rings. The third-order valence-electron chi connectivity index (χ3n) is 7.53. The normalized spacial score (nSPS) is 16.6. The molecule has 218 valence electrons. The molecule has 5 rings (SSSR count). The summed E-state index contributed by atoms with van der Waals surface area (Å²) in [7, 11) is 3.87. The van der Waals surface area contributed by atoms with E-state index in [1.54, 1.807) is 34.1 Å². The molecule has 3 heterocycles. The van der Waals surface area contributed by atoms with Gasteiger partial charge in [-0.3, -0.25) is 19.4 Å². The second-order valence-electron chi connectivity index (χ2n) is 10.4. The molecule has 41 heavy (non-hydrogen) atoms. The SMILES string of the molecule is Cc1ccc(C(=O)Nc2cc(CN3CCN(C)CC3)c(Cl)c(C(F)(F)F)c2)cc1N1C=C(c2cnn(C)c2C)NN1. The Hall–Kier alpha value is -3.58. The summed E-state index contributed by atoms with van der Waals surface area (Å²) in [6.45, 7) is 7.18. The largest absolute Gasteiger partial charge is 0.417 e. The van der Waals surface area contributed by atoms with Crippen LogP contribution in [0.25, 0.3) is 5.70 Å². The van der Waals surface area contributed by atoms with Crippen molar-refractivity contribution in [3.63, 3.8) is 0 Å². The first-order chi connectivity index (χ1) is 19.4. The number of amides is 1. The number of hydrogen-bond acceptors (Lipinski definition) is 7. The Balaban J connectivity index is 1.39. The van der Waals surface area contributed by atoms with Gasteiger partial charge in [0.25, 0.3) is 5.91 Å². The molecule has 0 radical (unpaired) electrons. The lowest BCUT2D eigenvalue weighted by Crippen LogP contribution is -2.43. The van der Waals surface area contributed by atoms with E-state index < -0.39 is 17.6 Å². The van der Waals surface area contributed by atoms with Crippen LogP contribution in [-0.4, -0.2) is 58.7 Å². The maximum Gasteiger partial charge on any atom is 0.417 e. The third-order valence-corrected chi connectivity index (χ3v) is 7.97. The van der Waals surface area contributed by atoms with E-state index in [4.69, 9.17) is 11.6 Å². The first kappa shape index (κ1) is 28.9. The van der Waals surface area contributed by atoms with E-state index >= 15 is 0 Å². The average molecular weight is 589 g/mol. The fourth-order valence-electron chi connectivity index (χ4n) is 4.88. The van der Waals surface area contributed by atoms with Gasteiger partial charge in [0.2, 0.25) is 0 Å². The number of nitrogens with zero attached hydrogens (tertiary/aromatic N) is 5. The van der Waals surface area contributed by atoms with Gasteiger partial charge in [0.1, 0.15) is 0 Å². The molecule has 0 atom stereocenters. The van der Waals surface area contributed by atoms with E-state index in [1.165, 1.54) is 6.07 Å². The Kier molecular flexibility index (Phi) is 8.02. The molecule has 2 aromatic carbocycles. The highest BCUT2D eigenvalue weighted by molar-refractivity contribution is 6.32. The molecule has 0 spiro atoms. The molecular formula is C28H32ClF3N8O. The number of piperazine rings is 1. The molecule has 0 saturated carbocycles. The van der Waals surface area contributed by atoms with Crippen molar-refractivity contribution in [3.8, 4) is 0 Å². The summed E-state index contributed by atoms with van der Waals surface area (Å²) in [6.07, 6.45) is -1.06. The molecule has 9 nitrogen and oxygen atoms in total. The number of rotatable bonds is 6. The molecule has 3 aromatic rings. The number of hydrogen-bond donors (Lipinski definition) is 3. The molecule has 0 bridgehead atoms. The zero-order chi connectivity index (χ0) is 29.5. The summed E-state index contributed by atoms with van der Waals surface area (Å²) in [5.41, 5.74) is 10.1. The van der Waals surface area contributed by atoms with Gasteiger partial charge in [-0.15, -0.1) is 5.53 Å². The van der Waals surface area contributed by atoms with Crippen molar-refractivity contribution >= 4 is 34.6 Å². The number of nitrogens with one attached hydrogen (secondary N) is 3. The number of benzene rings is 2. The van der Waals surface area contributed by atoms with Crippen LogP contribution in [-0.2, 0) is 19.8 Å². The van der Waals surface area contributed by atoms with E-state index in [-0.39, 0.29) is 22.8 Å². The third kappa shape index (κ3) is 6.20. The Morgan fingerprint density at radius 3 is 2.49 bits per heavy atom. The first-order valence-electron chi connectivity index (χ1n) is 13.1. The van der Waals surface area contributed by atoms with Crippen LogP contribution in [0, 0.1) is 13.8 Å². The van der Waals surface area contributed by atoms with Crippen LogP contribution in [0.1, 0.15) is 38.3 Å². The van der Waals surface area contributed by atoms with Gasteiger partial charge < -0.3 is 15.6 Å². The van der Waals surface area contributed by atoms with Crippen LogP contribution >= 0.6 is 11.6 Å². The van der Waals surface area contributed by atoms with E-state index in [0.717, 1.165) is 41.7 Å². The molecule has 3 N–H and O–H groups in total. The molecule has 1 saturated heterocycles. The highest BCUT2D eigenvalue weighted by atomic mass is 35.5. The minimum Gasteiger partial charge on any atom is -0.322 e. The minimum atomic E-state index is -4.67. The molecule has 1 fully saturated rings. The fraction of sp³-hybridized carbons (Fsp3) is 0.357. The Morgan fingerprint density at radius 1 is 1.10 bits per heavy atom. The van der Waals surface area contributed by atoms with Crippen LogP contribution in [0.2, 0.25) is 5.02 Å². The standard InChI is InChI=1S/C28H32ClF3N8O/c1-17-5-6-19(12-25(17)40-16-24(35-36-40)22-14-33-38(4)18(22)2)27(41)34-21-11-20(15-39-9-7-37(3)8-10-39)26(29)23(13-21)28(30,31)32/h5-6,11-14,16,35-36H,7-10,15H2,1-4H3,(H,34,41). The number of anilines is 2. The molecule has 0 unspecified atom stereocenters. The average Bonchev–Trinajstić information content (AvgIpc) is 3.53. The predicted molar refractivity (Wildman–Crippen MR) is 153 cm³/mol. The van der Waals surface area contributed by atoms with Gasteiger partial charge in [0, 0.05) is 68.5 Å². The highest BCUT2D eigenvalue weighted by Crippen LogP contribution is 2.39. The van der Waals surface area contributed by atoms with E-state index in [0.29, 0.717) is 24.3 Å². The van der Waals surface area contributed by atoms with E-state index in [1.807, 2.05) is 34.1 Å². The maximum absolute atomic E-state index is 13.9. The summed E-state index contributed by atoms with van der Waals surface area (Å²) in [4.78, 5) is 17.5. The van der Waals surface area contributed by atoms with Crippen molar-refractivity contribution in [1.82, 2.24) is 30.5 Å². The van der Waals surface area contributed by atoms with Gasteiger partial charge in [0.15, 0.2) is 0 Å². The molecule has 13 heteroatoms. The second-order valence-corrected chi connectivity index (χ2v) is 10.8. The number of aryl methyl sites for hydroxylation is 2. The van der Waals surface area contributed by atoms with Crippen molar-refractivity contribution < 1.29 is 18.0 Å². The Bertz CT molecular complexity index is 1490. The van der Waals surface area contributed by atoms with E-state index in [2.05, 4.69) is 31.2 Å². The fourth-order valence-corrected chi connectivity index (χ4v) is 5.16. The van der Waals surface area contributed by atoms with Gasteiger partial charge in [-0.2, -0.15) is 18.3 Å². The van der Waals surface area contributed by atoms with Gasteiger partial charge in [-0.05, 0) is 56.3 Å². The molecule has 0 aliphatic carbocycles. The van der Waals surface area contributed by atoms with Crippen molar-refractivity contribution in [2.24, 2.45) is 7.05 Å². The quantitative estimate of drug-likeness (QED) is 0.390. The maximum atomic E-state index is 13.9. The lowest BCUT2D eigenvalue weighted by Gasteiger charge is -2.32. The molecule has 1 aromatic heterocycles. The van der Waals surface area contributed by atoms with Crippen LogP contribution in [0.4, 0.5) is 24.5 Å². The van der Waals surface area contributed by atoms with Crippen molar-refractivity contribution in [1.29, 1.82) is 0 Å². The highest BCUT2D eigenvalue weighted by Gasteiger charge is 2.35. The van der Waals surface area contributed by atoms with Gasteiger partial charge >= 0.3 is 6.18 Å². The Labute approximate surface area is 241 Å².